The van der Waals surface area contributed by atoms with E-state index < -0.39 is 35.6 Å². The summed E-state index contributed by atoms with van der Waals surface area (Å²) < 4.78 is 63.7. The Kier molecular flexibility index (Phi) is 23.2. The molecule has 2 N–H and O–H groups in total. The number of esters is 2. The Hall–Kier alpha value is -10.3. The third-order valence-electron chi connectivity index (χ3n) is 15.0. The normalized spacial score (nSPS) is 11.8. The molecule has 3 unspecified atom stereocenters. The molecule has 0 aliphatic heterocycles. The average Bonchev–Trinajstić information content (AvgIpc) is 2.40. The molecule has 0 aliphatic rings. The SMILES string of the molecule is CCOC(=O)C(c1ccc(O)c(OC)c1)C(c1ccc(C)c(OC)c1)c1ccc(O)c(OC)c1.CCOC(=O)C(c1ccc(OCc2ccccc2)c(OC)c1)C(c1ccc(OCc2ccccc2)c(OC)c1)c1ccc(OCc2ccccc2)c(OC)c1. The van der Waals surface area contributed by atoms with Gasteiger partial charge in [-0.3, -0.25) is 9.59 Å². The van der Waals surface area contributed by atoms with Crippen LogP contribution in [0.4, 0.5) is 0 Å². The molecule has 0 amide bonds. The minimum atomic E-state index is -0.821. The van der Waals surface area contributed by atoms with Gasteiger partial charge in [0.1, 0.15) is 25.6 Å². The summed E-state index contributed by atoms with van der Waals surface area (Å²) in [6.45, 7) is 6.98. The average molecular weight is 1210 g/mol. The van der Waals surface area contributed by atoms with Gasteiger partial charge in [-0.1, -0.05) is 133 Å². The highest BCUT2D eigenvalue weighted by atomic mass is 16.5. The van der Waals surface area contributed by atoms with Gasteiger partial charge in [0.2, 0.25) is 0 Å². The van der Waals surface area contributed by atoms with Crippen molar-refractivity contribution >= 4 is 11.9 Å². The molecule has 0 saturated heterocycles. The van der Waals surface area contributed by atoms with Crippen LogP contribution in [0.2, 0.25) is 0 Å². The molecule has 9 rings (SSSR count). The first-order valence-electron chi connectivity index (χ1n) is 29.1. The summed E-state index contributed by atoms with van der Waals surface area (Å²) in [5, 5.41) is 20.3. The van der Waals surface area contributed by atoms with Crippen molar-refractivity contribution < 1.29 is 71.9 Å². The molecule has 0 heterocycles. The number of hydrogen-bond donors (Lipinski definition) is 2. The lowest BCUT2D eigenvalue weighted by Crippen LogP contribution is -2.24. The van der Waals surface area contributed by atoms with Gasteiger partial charge in [-0.2, -0.15) is 0 Å². The van der Waals surface area contributed by atoms with Crippen LogP contribution >= 0.6 is 0 Å². The maximum atomic E-state index is 14.3. The minimum Gasteiger partial charge on any atom is -0.504 e. The van der Waals surface area contributed by atoms with E-state index in [4.69, 9.17) is 52.1 Å². The molecule has 0 radical (unpaired) electrons. The second-order valence-corrected chi connectivity index (χ2v) is 20.6. The molecule has 0 saturated carbocycles. The number of ether oxygens (including phenoxy) is 11. The van der Waals surface area contributed by atoms with Gasteiger partial charge in [0.25, 0.3) is 0 Å². The number of phenols is 2. The van der Waals surface area contributed by atoms with E-state index in [1.165, 1.54) is 26.4 Å². The summed E-state index contributed by atoms with van der Waals surface area (Å²) in [6, 6.07) is 62.4. The zero-order valence-electron chi connectivity index (χ0n) is 51.6. The van der Waals surface area contributed by atoms with Crippen molar-refractivity contribution in [3.63, 3.8) is 0 Å². The second-order valence-electron chi connectivity index (χ2n) is 20.6. The molecule has 0 spiro atoms. The lowest BCUT2D eigenvalue weighted by atomic mass is 9.76. The van der Waals surface area contributed by atoms with Crippen molar-refractivity contribution in [3.05, 3.63) is 256 Å². The van der Waals surface area contributed by atoms with Crippen LogP contribution < -0.4 is 42.6 Å². The number of methoxy groups -OCH3 is 6. The van der Waals surface area contributed by atoms with E-state index in [0.717, 1.165) is 44.5 Å². The van der Waals surface area contributed by atoms with E-state index in [2.05, 4.69) is 0 Å². The number of benzene rings is 9. The quantitative estimate of drug-likeness (QED) is 0.0465. The molecule has 9 aromatic carbocycles. The number of hydrogen-bond acceptors (Lipinski definition) is 15. The fourth-order valence-corrected chi connectivity index (χ4v) is 10.5. The number of carbonyl (C=O) groups excluding carboxylic acids is 2. The predicted molar refractivity (Wildman–Crippen MR) is 341 cm³/mol. The van der Waals surface area contributed by atoms with Crippen LogP contribution in [0, 0.1) is 6.92 Å². The summed E-state index contributed by atoms with van der Waals surface area (Å²) in [4.78, 5) is 27.7. The lowest BCUT2D eigenvalue weighted by molar-refractivity contribution is -0.146. The van der Waals surface area contributed by atoms with Crippen LogP contribution in [-0.4, -0.2) is 78.0 Å². The van der Waals surface area contributed by atoms with Gasteiger partial charge in [-0.15, -0.1) is 0 Å². The molecular formula is C74H76O15. The zero-order chi connectivity index (χ0) is 63.2. The third-order valence-corrected chi connectivity index (χ3v) is 15.0. The van der Waals surface area contributed by atoms with Crippen LogP contribution in [0.25, 0.3) is 0 Å². The molecule has 9 aromatic rings. The molecule has 462 valence electrons. The Morgan fingerprint density at radius 2 is 0.618 bits per heavy atom. The van der Waals surface area contributed by atoms with Gasteiger partial charge in [-0.05, 0) is 143 Å². The van der Waals surface area contributed by atoms with Crippen LogP contribution in [0.1, 0.15) is 93.2 Å². The topological polar surface area (TPSA) is 176 Å². The van der Waals surface area contributed by atoms with E-state index in [1.54, 1.807) is 66.6 Å². The Morgan fingerprint density at radius 3 is 0.966 bits per heavy atom. The van der Waals surface area contributed by atoms with Gasteiger partial charge in [0, 0.05) is 11.8 Å². The van der Waals surface area contributed by atoms with E-state index in [-0.39, 0.29) is 36.2 Å². The zero-order valence-corrected chi connectivity index (χ0v) is 51.6. The standard InChI is InChI=1S/C47H46O8.C27H30O7/c1-5-52-47(48)46(38-23-26-41(44(29-38)51-4)55-32-35-19-13-8-14-20-35)45(36-21-24-39(42(27-36)49-2)53-30-33-15-9-6-10-16-33)37-22-25-40(43(28-37)50-3)54-31-34-17-11-7-12-18-34;1-6-34-27(30)26(19-10-12-21(29)24(15-19)33-5)25(17-8-7-16(2)22(13-17)31-3)18-9-11-20(28)23(14-18)32-4/h6-29,45-46H,5,30-32H2,1-4H3;7-15,25-26,28-29H,6H2,1-5H3. The number of carbonyl (C=O) groups is 2. The molecule has 15 nitrogen and oxygen atoms in total. The van der Waals surface area contributed by atoms with Crippen LogP contribution in [-0.2, 0) is 38.9 Å². The third kappa shape index (κ3) is 16.4. The van der Waals surface area contributed by atoms with Crippen molar-refractivity contribution in [1.29, 1.82) is 0 Å². The summed E-state index contributed by atoms with van der Waals surface area (Å²) in [6.07, 6.45) is 0. The first kappa shape index (κ1) is 64.7. The number of rotatable bonds is 27. The number of aryl methyl sites for hydroxylation is 1. The highest BCUT2D eigenvalue weighted by molar-refractivity contribution is 5.82. The molecule has 0 fully saturated rings. The highest BCUT2D eigenvalue weighted by Gasteiger charge is 2.37. The largest absolute Gasteiger partial charge is 0.504 e. The summed E-state index contributed by atoms with van der Waals surface area (Å²) in [7, 11) is 9.31. The first-order valence-corrected chi connectivity index (χ1v) is 29.1. The lowest BCUT2D eigenvalue weighted by Gasteiger charge is -2.29. The van der Waals surface area contributed by atoms with Crippen LogP contribution in [0.3, 0.4) is 0 Å². The Balaban J connectivity index is 0.000000258. The smallest absolute Gasteiger partial charge is 0.314 e. The molecule has 0 aromatic heterocycles. The Morgan fingerprint density at radius 1 is 0.337 bits per heavy atom. The summed E-state index contributed by atoms with van der Waals surface area (Å²) in [5.41, 5.74) is 8.44. The van der Waals surface area contributed by atoms with E-state index in [0.29, 0.717) is 71.2 Å². The monoisotopic (exact) mass is 1200 g/mol. The van der Waals surface area contributed by atoms with E-state index in [1.807, 2.05) is 171 Å². The fraction of sp³-hybridized carbons (Fsp3) is 0.243. The molecular weight excluding hydrogens is 1130 g/mol. The predicted octanol–water partition coefficient (Wildman–Crippen LogP) is 14.8. The van der Waals surface area contributed by atoms with Gasteiger partial charge in [0.15, 0.2) is 57.5 Å². The van der Waals surface area contributed by atoms with Crippen molar-refractivity contribution in [3.8, 4) is 63.2 Å². The van der Waals surface area contributed by atoms with E-state index in [9.17, 15) is 19.8 Å². The molecule has 0 aliphatic carbocycles. The molecule has 15 heteroatoms. The Bertz CT molecular complexity index is 3590. The maximum absolute atomic E-state index is 14.3. The van der Waals surface area contributed by atoms with E-state index >= 15 is 0 Å². The first-order chi connectivity index (χ1) is 43.3. The van der Waals surface area contributed by atoms with Crippen molar-refractivity contribution in [1.82, 2.24) is 0 Å². The number of aromatic hydroxyl groups is 2. The molecule has 3 atom stereocenters. The van der Waals surface area contributed by atoms with Gasteiger partial charge in [-0.25, -0.2) is 0 Å². The van der Waals surface area contributed by atoms with Crippen molar-refractivity contribution in [2.75, 3.05) is 55.9 Å². The summed E-state index contributed by atoms with van der Waals surface area (Å²) >= 11 is 0. The minimum absolute atomic E-state index is 0.00882. The molecule has 0 bridgehead atoms. The van der Waals surface area contributed by atoms with Crippen molar-refractivity contribution in [2.45, 2.75) is 64.3 Å². The van der Waals surface area contributed by atoms with Crippen molar-refractivity contribution in [2.24, 2.45) is 0 Å². The second kappa shape index (κ2) is 31.9. The Labute approximate surface area is 520 Å². The fourth-order valence-electron chi connectivity index (χ4n) is 10.5. The van der Waals surface area contributed by atoms with Crippen LogP contribution in [0.15, 0.2) is 200 Å². The van der Waals surface area contributed by atoms with Gasteiger partial charge in [0.05, 0.1) is 67.7 Å². The molecule has 89 heavy (non-hydrogen) atoms. The highest BCUT2D eigenvalue weighted by Crippen LogP contribution is 2.48. The van der Waals surface area contributed by atoms with Crippen LogP contribution in [0.5, 0.6) is 63.2 Å². The maximum Gasteiger partial charge on any atom is 0.314 e. The van der Waals surface area contributed by atoms with Gasteiger partial charge < -0.3 is 62.3 Å². The summed E-state index contributed by atoms with van der Waals surface area (Å²) in [5.74, 6) is 0.850. The number of phenolic OH excluding ortho intramolecular Hbond substituents is 2. The van der Waals surface area contributed by atoms with Gasteiger partial charge >= 0.3 is 11.9 Å².